The number of nitrogens with one attached hydrogen (secondary N) is 1. The molecule has 6 nitrogen and oxygen atoms in total. The molecule has 0 aliphatic carbocycles. The fourth-order valence-electron chi connectivity index (χ4n) is 3.45. The summed E-state index contributed by atoms with van der Waals surface area (Å²) in [5.74, 6) is -1.01. The first-order chi connectivity index (χ1) is 15.7. The van der Waals surface area contributed by atoms with Crippen molar-refractivity contribution in [1.29, 1.82) is 0 Å². The zero-order chi connectivity index (χ0) is 24.0. The molecule has 0 fully saturated rings. The third-order valence-electron chi connectivity index (χ3n) is 5.10. The minimum absolute atomic E-state index is 0.0802. The molecule has 0 unspecified atom stereocenters. The van der Waals surface area contributed by atoms with E-state index in [2.05, 4.69) is 10.3 Å². The van der Waals surface area contributed by atoms with Crippen LogP contribution >= 0.6 is 12.2 Å². The zero-order valence-electron chi connectivity index (χ0n) is 19.0. The molecular formula is C24H29FN4O2S2. The van der Waals surface area contributed by atoms with Crippen LogP contribution in [0.1, 0.15) is 37.6 Å². The summed E-state index contributed by atoms with van der Waals surface area (Å²) < 4.78 is 42.5. The zero-order valence-corrected chi connectivity index (χ0v) is 20.7. The highest BCUT2D eigenvalue weighted by Crippen LogP contribution is 2.21. The van der Waals surface area contributed by atoms with Gasteiger partial charge in [-0.15, -0.1) is 0 Å². The Hall–Kier alpha value is -2.78. The van der Waals surface area contributed by atoms with Gasteiger partial charge in [0.15, 0.2) is 5.11 Å². The van der Waals surface area contributed by atoms with E-state index in [4.69, 9.17) is 12.2 Å². The van der Waals surface area contributed by atoms with Crippen molar-refractivity contribution in [3.05, 3.63) is 83.4 Å². The first kappa shape index (κ1) is 24.9. The molecule has 0 saturated carbocycles. The van der Waals surface area contributed by atoms with Gasteiger partial charge in [0, 0.05) is 18.2 Å². The van der Waals surface area contributed by atoms with E-state index >= 15 is 0 Å². The van der Waals surface area contributed by atoms with Gasteiger partial charge in [-0.05, 0) is 44.6 Å². The average Bonchev–Trinajstić information content (AvgIpc) is 3.16. The highest BCUT2D eigenvalue weighted by Gasteiger charge is 2.26. The average molecular weight is 489 g/mol. The van der Waals surface area contributed by atoms with Gasteiger partial charge in [-0.2, -0.15) is 0 Å². The number of sulfone groups is 1. The standard InChI is InChI=1S/C24H29FN4O2S2/c1-4-28(23(32)27-18(2)3)16-21-14-26-24(29(21)15-19-10-6-5-7-11-19)33(30,31)17-20-12-8-9-13-22(20)25/h5-14,18H,4,15-17H2,1-3H3,(H,27,32). The molecule has 0 bridgehead atoms. The number of aromatic nitrogens is 2. The number of imidazole rings is 1. The SMILES string of the molecule is CCN(Cc1cnc(S(=O)(=O)Cc2ccccc2F)n1Cc1ccccc1)C(=S)NC(C)C. The van der Waals surface area contributed by atoms with Crippen LogP contribution in [-0.2, 0) is 28.7 Å². The van der Waals surface area contributed by atoms with Crippen LogP contribution in [-0.4, -0.2) is 40.6 Å². The van der Waals surface area contributed by atoms with Gasteiger partial charge in [-0.1, -0.05) is 48.5 Å². The van der Waals surface area contributed by atoms with E-state index in [0.717, 1.165) is 5.56 Å². The van der Waals surface area contributed by atoms with Gasteiger partial charge < -0.3 is 14.8 Å². The fourth-order valence-corrected chi connectivity index (χ4v) is 5.38. The maximum Gasteiger partial charge on any atom is 0.228 e. The summed E-state index contributed by atoms with van der Waals surface area (Å²) in [7, 11) is -3.90. The lowest BCUT2D eigenvalue weighted by Crippen LogP contribution is -2.42. The van der Waals surface area contributed by atoms with Crippen LogP contribution in [0, 0.1) is 5.82 Å². The Bertz CT molecular complexity index is 1190. The van der Waals surface area contributed by atoms with Crippen molar-refractivity contribution in [3.63, 3.8) is 0 Å². The lowest BCUT2D eigenvalue weighted by molar-refractivity contribution is 0.405. The maximum atomic E-state index is 14.2. The van der Waals surface area contributed by atoms with E-state index in [9.17, 15) is 12.8 Å². The van der Waals surface area contributed by atoms with Crippen molar-refractivity contribution in [2.24, 2.45) is 0 Å². The lowest BCUT2D eigenvalue weighted by atomic mass is 10.2. The third-order valence-corrected chi connectivity index (χ3v) is 7.05. The second-order valence-electron chi connectivity index (χ2n) is 8.07. The number of rotatable bonds is 9. The van der Waals surface area contributed by atoms with Crippen LogP contribution in [0.3, 0.4) is 0 Å². The van der Waals surface area contributed by atoms with E-state index in [1.165, 1.54) is 18.2 Å². The van der Waals surface area contributed by atoms with E-state index in [0.29, 0.717) is 30.4 Å². The normalized spacial score (nSPS) is 11.5. The molecule has 176 valence electrons. The molecule has 0 aliphatic heterocycles. The molecule has 2 aromatic carbocycles. The number of halogens is 1. The number of nitrogens with zero attached hydrogens (tertiary/aromatic N) is 3. The van der Waals surface area contributed by atoms with Gasteiger partial charge in [0.1, 0.15) is 5.82 Å². The Kier molecular flexibility index (Phi) is 8.20. The van der Waals surface area contributed by atoms with Crippen LogP contribution in [0.25, 0.3) is 0 Å². The number of hydrogen-bond donors (Lipinski definition) is 1. The molecule has 3 aromatic rings. The van der Waals surface area contributed by atoms with Crippen LogP contribution in [0.15, 0.2) is 66.0 Å². The van der Waals surface area contributed by atoms with Crippen molar-refractivity contribution in [3.8, 4) is 0 Å². The summed E-state index contributed by atoms with van der Waals surface area (Å²) in [6.45, 7) is 7.36. The van der Waals surface area contributed by atoms with Gasteiger partial charge in [-0.3, -0.25) is 0 Å². The van der Waals surface area contributed by atoms with Crippen LogP contribution < -0.4 is 5.32 Å². The number of hydrogen-bond acceptors (Lipinski definition) is 4. The highest BCUT2D eigenvalue weighted by molar-refractivity contribution is 7.90. The monoisotopic (exact) mass is 488 g/mol. The molecule has 0 aliphatic rings. The molecule has 0 radical (unpaired) electrons. The minimum Gasteiger partial charge on any atom is -0.360 e. The van der Waals surface area contributed by atoms with Gasteiger partial charge in [-0.25, -0.2) is 17.8 Å². The van der Waals surface area contributed by atoms with E-state index < -0.39 is 21.4 Å². The molecule has 0 amide bonds. The van der Waals surface area contributed by atoms with Crippen LogP contribution in [0.2, 0.25) is 0 Å². The smallest absolute Gasteiger partial charge is 0.228 e. The summed E-state index contributed by atoms with van der Waals surface area (Å²) in [4.78, 5) is 6.24. The third kappa shape index (κ3) is 6.39. The second kappa shape index (κ2) is 10.9. The quantitative estimate of drug-likeness (QED) is 0.457. The Morgan fingerprint density at radius 3 is 2.45 bits per heavy atom. The molecular weight excluding hydrogens is 459 g/mol. The summed E-state index contributed by atoms with van der Waals surface area (Å²) in [5, 5.41) is 3.74. The molecule has 0 saturated heterocycles. The van der Waals surface area contributed by atoms with E-state index in [1.54, 1.807) is 16.8 Å². The van der Waals surface area contributed by atoms with Crippen molar-refractivity contribution in [2.45, 2.75) is 50.8 Å². The van der Waals surface area contributed by atoms with Crippen molar-refractivity contribution < 1.29 is 12.8 Å². The Balaban J connectivity index is 1.99. The van der Waals surface area contributed by atoms with Crippen LogP contribution in [0.5, 0.6) is 0 Å². The molecule has 1 heterocycles. The first-order valence-corrected chi connectivity index (χ1v) is 12.9. The van der Waals surface area contributed by atoms with E-state index in [1.807, 2.05) is 56.0 Å². The first-order valence-electron chi connectivity index (χ1n) is 10.8. The summed E-state index contributed by atoms with van der Waals surface area (Å²) in [6.07, 6.45) is 1.57. The highest BCUT2D eigenvalue weighted by atomic mass is 32.2. The number of thiocarbonyl (C=S) groups is 1. The van der Waals surface area contributed by atoms with Gasteiger partial charge >= 0.3 is 0 Å². The van der Waals surface area contributed by atoms with Crippen molar-refractivity contribution in [1.82, 2.24) is 19.8 Å². The summed E-state index contributed by atoms with van der Waals surface area (Å²) in [5.41, 5.74) is 1.76. The largest absolute Gasteiger partial charge is 0.360 e. The van der Waals surface area contributed by atoms with Crippen LogP contribution in [0.4, 0.5) is 4.39 Å². The molecule has 0 atom stereocenters. The van der Waals surface area contributed by atoms with E-state index in [-0.39, 0.29) is 16.8 Å². The minimum atomic E-state index is -3.90. The molecule has 3 rings (SSSR count). The predicted molar refractivity (Wildman–Crippen MR) is 132 cm³/mol. The number of benzene rings is 2. The molecule has 1 N–H and O–H groups in total. The molecule has 9 heteroatoms. The van der Waals surface area contributed by atoms with Gasteiger partial charge in [0.05, 0.1) is 30.7 Å². The van der Waals surface area contributed by atoms with Gasteiger partial charge in [0.25, 0.3) is 0 Å². The molecule has 0 spiro atoms. The fraction of sp³-hybridized carbons (Fsp3) is 0.333. The summed E-state index contributed by atoms with van der Waals surface area (Å²) >= 11 is 5.53. The summed E-state index contributed by atoms with van der Waals surface area (Å²) in [6, 6.07) is 15.6. The van der Waals surface area contributed by atoms with Crippen molar-refractivity contribution in [2.75, 3.05) is 6.54 Å². The van der Waals surface area contributed by atoms with Crippen molar-refractivity contribution >= 4 is 27.2 Å². The molecule has 33 heavy (non-hydrogen) atoms. The Labute approximate surface area is 200 Å². The topological polar surface area (TPSA) is 67.2 Å². The lowest BCUT2D eigenvalue weighted by Gasteiger charge is -2.26. The Morgan fingerprint density at radius 2 is 1.82 bits per heavy atom. The second-order valence-corrected chi connectivity index (χ2v) is 10.3. The van der Waals surface area contributed by atoms with Gasteiger partial charge in [0.2, 0.25) is 15.0 Å². The predicted octanol–water partition coefficient (Wildman–Crippen LogP) is 4.15. The maximum absolute atomic E-state index is 14.2. The molecule has 1 aromatic heterocycles. The Morgan fingerprint density at radius 1 is 1.15 bits per heavy atom.